The van der Waals surface area contributed by atoms with Gasteiger partial charge in [-0.15, -0.1) is 0 Å². The number of hydrogen-bond acceptors (Lipinski definition) is 0. The fraction of sp³-hybridized carbons (Fsp3) is 0.857. The first kappa shape index (κ1) is 5.14. The van der Waals surface area contributed by atoms with Gasteiger partial charge in [-0.3, -0.25) is 0 Å². The van der Waals surface area contributed by atoms with Gasteiger partial charge in [-0.2, -0.15) is 0 Å². The minimum atomic E-state index is 0.631. The SMILES string of the molecule is [CH2]C1CC(C)(C)C1. The normalized spacial score (nSPS) is 29.6. The van der Waals surface area contributed by atoms with Crippen LogP contribution >= 0.6 is 0 Å². The number of hydrogen-bond donors (Lipinski definition) is 0. The average Bonchev–Trinajstić information content (AvgIpc) is 1.27. The summed E-state index contributed by atoms with van der Waals surface area (Å²) in [4.78, 5) is 0. The van der Waals surface area contributed by atoms with Crippen molar-refractivity contribution in [1.29, 1.82) is 0 Å². The highest BCUT2D eigenvalue weighted by Gasteiger charge is 2.32. The maximum Gasteiger partial charge on any atom is -0.0349 e. The summed E-state index contributed by atoms with van der Waals surface area (Å²) in [5.41, 5.74) is 0.631. The Balaban J connectivity index is 2.29. The largest absolute Gasteiger partial charge is 0.0599 e. The fourth-order valence-corrected chi connectivity index (χ4v) is 1.50. The van der Waals surface area contributed by atoms with Gasteiger partial charge in [0.25, 0.3) is 0 Å². The predicted molar refractivity (Wildman–Crippen MR) is 31.9 cm³/mol. The van der Waals surface area contributed by atoms with Crippen molar-refractivity contribution in [1.82, 2.24) is 0 Å². The molecule has 0 nitrogen and oxygen atoms in total. The summed E-state index contributed by atoms with van der Waals surface area (Å²) in [7, 11) is 0. The van der Waals surface area contributed by atoms with Gasteiger partial charge < -0.3 is 0 Å². The van der Waals surface area contributed by atoms with E-state index in [1.54, 1.807) is 0 Å². The molecule has 0 N–H and O–H groups in total. The first-order chi connectivity index (χ1) is 3.10. The van der Waals surface area contributed by atoms with E-state index in [0.717, 1.165) is 5.92 Å². The zero-order valence-corrected chi connectivity index (χ0v) is 5.20. The van der Waals surface area contributed by atoms with Crippen molar-refractivity contribution in [2.24, 2.45) is 11.3 Å². The third-order valence-corrected chi connectivity index (χ3v) is 1.68. The Morgan fingerprint density at radius 3 is 1.86 bits per heavy atom. The maximum atomic E-state index is 3.94. The highest BCUT2D eigenvalue weighted by Crippen LogP contribution is 2.43. The monoisotopic (exact) mass is 97.1 g/mol. The van der Waals surface area contributed by atoms with Gasteiger partial charge >= 0.3 is 0 Å². The van der Waals surface area contributed by atoms with Gasteiger partial charge in [0.15, 0.2) is 0 Å². The minimum absolute atomic E-state index is 0.631. The summed E-state index contributed by atoms with van der Waals surface area (Å²) in [6.45, 7) is 8.54. The second-order valence-corrected chi connectivity index (χ2v) is 3.44. The molecule has 0 aliphatic heterocycles. The number of rotatable bonds is 0. The van der Waals surface area contributed by atoms with Crippen molar-refractivity contribution in [2.75, 3.05) is 0 Å². The predicted octanol–water partition coefficient (Wildman–Crippen LogP) is 2.26. The summed E-state index contributed by atoms with van der Waals surface area (Å²) < 4.78 is 0. The van der Waals surface area contributed by atoms with Crippen LogP contribution in [-0.2, 0) is 0 Å². The molecule has 1 aliphatic rings. The molecule has 7 heavy (non-hydrogen) atoms. The molecule has 0 amide bonds. The second kappa shape index (κ2) is 1.24. The standard InChI is InChI=1S/C7H13/c1-6-4-7(2,3)5-6/h6H,1,4-5H2,2-3H3. The van der Waals surface area contributed by atoms with Crippen LogP contribution < -0.4 is 0 Å². The van der Waals surface area contributed by atoms with E-state index >= 15 is 0 Å². The zero-order chi connectivity index (χ0) is 5.49. The van der Waals surface area contributed by atoms with E-state index in [1.807, 2.05) is 0 Å². The Labute approximate surface area is 45.9 Å². The van der Waals surface area contributed by atoms with Crippen molar-refractivity contribution in [3.05, 3.63) is 6.92 Å². The van der Waals surface area contributed by atoms with Crippen LogP contribution in [0.4, 0.5) is 0 Å². The van der Waals surface area contributed by atoms with Gasteiger partial charge in [-0.25, -0.2) is 0 Å². The molecule has 0 atom stereocenters. The van der Waals surface area contributed by atoms with Crippen LogP contribution in [0.1, 0.15) is 26.7 Å². The van der Waals surface area contributed by atoms with Crippen LogP contribution in [0.3, 0.4) is 0 Å². The van der Waals surface area contributed by atoms with Gasteiger partial charge in [0.2, 0.25) is 0 Å². The lowest BCUT2D eigenvalue weighted by Crippen LogP contribution is -2.29. The van der Waals surface area contributed by atoms with E-state index in [0.29, 0.717) is 5.41 Å². The Bertz CT molecular complexity index is 64.1. The Hall–Kier alpha value is 0. The lowest BCUT2D eigenvalue weighted by Gasteiger charge is -2.40. The lowest BCUT2D eigenvalue weighted by molar-refractivity contribution is 0.129. The van der Waals surface area contributed by atoms with E-state index in [-0.39, 0.29) is 0 Å². The van der Waals surface area contributed by atoms with E-state index in [4.69, 9.17) is 0 Å². The molecule has 0 heterocycles. The molecule has 0 unspecified atom stereocenters. The van der Waals surface area contributed by atoms with Crippen molar-refractivity contribution in [3.8, 4) is 0 Å². The Morgan fingerprint density at radius 2 is 1.86 bits per heavy atom. The smallest absolute Gasteiger partial charge is 0.0349 e. The summed E-state index contributed by atoms with van der Waals surface area (Å²) in [5.74, 6) is 0.759. The van der Waals surface area contributed by atoms with Gasteiger partial charge in [-0.05, 0) is 24.2 Å². The van der Waals surface area contributed by atoms with Crippen LogP contribution in [0.15, 0.2) is 0 Å². The van der Waals surface area contributed by atoms with Crippen molar-refractivity contribution in [2.45, 2.75) is 26.7 Å². The molecule has 1 fully saturated rings. The van der Waals surface area contributed by atoms with Crippen molar-refractivity contribution < 1.29 is 0 Å². The van der Waals surface area contributed by atoms with Crippen LogP contribution in [0.2, 0.25) is 0 Å². The van der Waals surface area contributed by atoms with E-state index < -0.39 is 0 Å². The third kappa shape index (κ3) is 0.960. The van der Waals surface area contributed by atoms with Crippen LogP contribution in [0.25, 0.3) is 0 Å². The van der Waals surface area contributed by atoms with Crippen molar-refractivity contribution >= 4 is 0 Å². The lowest BCUT2D eigenvalue weighted by atomic mass is 9.65. The second-order valence-electron chi connectivity index (χ2n) is 3.44. The quantitative estimate of drug-likeness (QED) is 0.435. The van der Waals surface area contributed by atoms with Gasteiger partial charge in [0, 0.05) is 0 Å². The Morgan fingerprint density at radius 1 is 1.43 bits per heavy atom. The summed E-state index contributed by atoms with van der Waals surface area (Å²) >= 11 is 0. The first-order valence-electron chi connectivity index (χ1n) is 2.93. The fourth-order valence-electron chi connectivity index (χ4n) is 1.50. The van der Waals surface area contributed by atoms with Gasteiger partial charge in [-0.1, -0.05) is 20.8 Å². The van der Waals surface area contributed by atoms with Crippen LogP contribution in [-0.4, -0.2) is 0 Å². The third-order valence-electron chi connectivity index (χ3n) is 1.68. The molecule has 0 aromatic rings. The minimum Gasteiger partial charge on any atom is -0.0599 e. The topological polar surface area (TPSA) is 0 Å². The molecule has 0 aromatic carbocycles. The van der Waals surface area contributed by atoms with Gasteiger partial charge in [0.05, 0.1) is 0 Å². The molecule has 1 rings (SSSR count). The highest BCUT2D eigenvalue weighted by molar-refractivity contribution is 4.87. The molecule has 0 spiro atoms. The molecule has 1 saturated carbocycles. The summed E-state index contributed by atoms with van der Waals surface area (Å²) in [6, 6.07) is 0. The molecular weight excluding hydrogens is 84.1 g/mol. The van der Waals surface area contributed by atoms with E-state index in [1.165, 1.54) is 12.8 Å². The molecule has 41 valence electrons. The molecular formula is C7H13. The molecule has 1 radical (unpaired) electrons. The summed E-state index contributed by atoms with van der Waals surface area (Å²) in [6.07, 6.45) is 2.65. The van der Waals surface area contributed by atoms with E-state index in [2.05, 4.69) is 20.8 Å². The van der Waals surface area contributed by atoms with Crippen molar-refractivity contribution in [3.63, 3.8) is 0 Å². The molecule has 0 bridgehead atoms. The molecule has 0 saturated heterocycles. The molecule has 1 aliphatic carbocycles. The first-order valence-corrected chi connectivity index (χ1v) is 2.93. The van der Waals surface area contributed by atoms with E-state index in [9.17, 15) is 0 Å². The zero-order valence-electron chi connectivity index (χ0n) is 5.20. The van der Waals surface area contributed by atoms with Crippen LogP contribution in [0, 0.1) is 18.3 Å². The molecule has 0 aromatic heterocycles. The highest BCUT2D eigenvalue weighted by atomic mass is 14.4. The van der Waals surface area contributed by atoms with Gasteiger partial charge in [0.1, 0.15) is 0 Å². The molecule has 0 heteroatoms. The Kier molecular flexibility index (Phi) is 0.911. The maximum absolute atomic E-state index is 3.94. The summed E-state index contributed by atoms with van der Waals surface area (Å²) in [5, 5.41) is 0. The van der Waals surface area contributed by atoms with Crippen LogP contribution in [0.5, 0.6) is 0 Å². The average molecular weight is 97.2 g/mol.